The molecule has 1 aromatic carbocycles. The second kappa shape index (κ2) is 7.40. The molecule has 0 unspecified atom stereocenters. The molecule has 2 nitrogen and oxygen atoms in total. The third-order valence-electron chi connectivity index (χ3n) is 4.71. The average molecular weight is 378 g/mol. The average Bonchev–Trinajstić information content (AvgIpc) is 2.39. The number of benzene rings is 1. The Kier molecular flexibility index (Phi) is 6.06. The molecule has 0 bridgehead atoms. The number of halogens is 3. The largest absolute Gasteiger partial charge is 0.314 e. The highest BCUT2D eigenvalue weighted by molar-refractivity contribution is 9.10. The number of nitrogens with one attached hydrogen (secondary N) is 1. The number of aryl methyl sites for hydroxylation is 1. The summed E-state index contributed by atoms with van der Waals surface area (Å²) in [5.74, 6) is 0.611. The van der Waals surface area contributed by atoms with Crippen molar-refractivity contribution in [3.8, 4) is 0 Å². The maximum Gasteiger partial charge on any atom is 0.130 e. The first kappa shape index (κ1) is 17.2. The standard InChI is InChI=1S/C16H22BrFN2.ClH/c1-11-9-13(17)10-14(15(11)18)16(12-3-2-4-12)20-7-5-19-6-8-20;/h9-10,12,16,19H,2-8H2,1H3;1H/t16-;/m0./s1. The van der Waals surface area contributed by atoms with E-state index in [1.165, 1.54) is 19.3 Å². The summed E-state index contributed by atoms with van der Waals surface area (Å²) in [7, 11) is 0. The minimum atomic E-state index is -0.0105. The Hall–Kier alpha value is -0.160. The van der Waals surface area contributed by atoms with Gasteiger partial charge in [-0.25, -0.2) is 4.39 Å². The molecule has 1 aromatic rings. The topological polar surface area (TPSA) is 15.3 Å². The van der Waals surface area contributed by atoms with Crippen LogP contribution in [0, 0.1) is 18.7 Å². The van der Waals surface area contributed by atoms with Gasteiger partial charge in [0.25, 0.3) is 0 Å². The molecule has 1 atom stereocenters. The van der Waals surface area contributed by atoms with Gasteiger partial charge in [0.1, 0.15) is 5.82 Å². The summed E-state index contributed by atoms with van der Waals surface area (Å²) in [5, 5.41) is 3.39. The van der Waals surface area contributed by atoms with E-state index in [1.54, 1.807) is 0 Å². The minimum Gasteiger partial charge on any atom is -0.314 e. The number of nitrogens with zero attached hydrogens (tertiary/aromatic N) is 1. The quantitative estimate of drug-likeness (QED) is 0.854. The normalized spacial score (nSPS) is 21.5. The molecule has 2 fully saturated rings. The number of hydrogen-bond acceptors (Lipinski definition) is 2. The van der Waals surface area contributed by atoms with Crippen molar-refractivity contribution >= 4 is 28.3 Å². The zero-order valence-electron chi connectivity index (χ0n) is 12.4. The highest BCUT2D eigenvalue weighted by atomic mass is 79.9. The number of piperazine rings is 1. The molecule has 5 heteroatoms. The van der Waals surface area contributed by atoms with E-state index in [4.69, 9.17) is 0 Å². The van der Waals surface area contributed by atoms with Crippen LogP contribution in [0.2, 0.25) is 0 Å². The van der Waals surface area contributed by atoms with Gasteiger partial charge < -0.3 is 5.32 Å². The van der Waals surface area contributed by atoms with E-state index >= 15 is 0 Å². The Morgan fingerprint density at radius 1 is 1.29 bits per heavy atom. The Bertz CT molecular complexity index is 487. The molecular weight excluding hydrogens is 355 g/mol. The van der Waals surface area contributed by atoms with E-state index in [9.17, 15) is 4.39 Å². The first-order valence-electron chi connectivity index (χ1n) is 7.57. The Morgan fingerprint density at radius 3 is 2.52 bits per heavy atom. The van der Waals surface area contributed by atoms with Crippen LogP contribution in [0.1, 0.15) is 36.4 Å². The molecule has 21 heavy (non-hydrogen) atoms. The highest BCUT2D eigenvalue weighted by Crippen LogP contribution is 2.43. The van der Waals surface area contributed by atoms with E-state index in [0.29, 0.717) is 5.92 Å². The molecule has 1 aliphatic carbocycles. The van der Waals surface area contributed by atoms with Crippen LogP contribution >= 0.6 is 28.3 Å². The van der Waals surface area contributed by atoms with Crippen LogP contribution in [0.15, 0.2) is 16.6 Å². The van der Waals surface area contributed by atoms with E-state index < -0.39 is 0 Å². The van der Waals surface area contributed by atoms with Crippen LogP contribution in [-0.2, 0) is 0 Å². The van der Waals surface area contributed by atoms with Crippen molar-refractivity contribution in [1.29, 1.82) is 0 Å². The maximum absolute atomic E-state index is 14.6. The molecule has 1 aliphatic heterocycles. The Labute approximate surface area is 141 Å². The molecule has 1 saturated heterocycles. The number of hydrogen-bond donors (Lipinski definition) is 1. The molecule has 1 N–H and O–H groups in total. The molecule has 2 aliphatic rings. The second-order valence-electron chi connectivity index (χ2n) is 6.05. The lowest BCUT2D eigenvalue weighted by Crippen LogP contribution is -2.48. The van der Waals surface area contributed by atoms with Gasteiger partial charge in [-0.3, -0.25) is 4.90 Å². The lowest BCUT2D eigenvalue weighted by Gasteiger charge is -2.43. The molecule has 0 aromatic heterocycles. The first-order valence-corrected chi connectivity index (χ1v) is 8.36. The van der Waals surface area contributed by atoms with Gasteiger partial charge in [-0.05, 0) is 43.4 Å². The third kappa shape index (κ3) is 3.61. The molecule has 1 saturated carbocycles. The fourth-order valence-electron chi connectivity index (χ4n) is 3.43. The second-order valence-corrected chi connectivity index (χ2v) is 6.96. The van der Waals surface area contributed by atoms with Crippen LogP contribution in [-0.4, -0.2) is 31.1 Å². The molecule has 118 valence electrons. The van der Waals surface area contributed by atoms with Gasteiger partial charge in [-0.2, -0.15) is 0 Å². The monoisotopic (exact) mass is 376 g/mol. The summed E-state index contributed by atoms with van der Waals surface area (Å²) < 4.78 is 15.6. The summed E-state index contributed by atoms with van der Waals surface area (Å²) in [5.41, 5.74) is 1.64. The van der Waals surface area contributed by atoms with Gasteiger partial charge >= 0.3 is 0 Å². The van der Waals surface area contributed by atoms with Gasteiger partial charge in [0.15, 0.2) is 0 Å². The van der Waals surface area contributed by atoms with Crippen LogP contribution in [0.5, 0.6) is 0 Å². The van der Waals surface area contributed by atoms with Crippen molar-refractivity contribution in [2.75, 3.05) is 26.2 Å². The number of rotatable bonds is 3. The zero-order chi connectivity index (χ0) is 14.1. The van der Waals surface area contributed by atoms with E-state index in [0.717, 1.165) is 41.8 Å². The van der Waals surface area contributed by atoms with Crippen molar-refractivity contribution in [3.63, 3.8) is 0 Å². The summed E-state index contributed by atoms with van der Waals surface area (Å²) >= 11 is 3.53. The molecule has 1 heterocycles. The van der Waals surface area contributed by atoms with Crippen molar-refractivity contribution in [3.05, 3.63) is 33.5 Å². The van der Waals surface area contributed by atoms with Crippen molar-refractivity contribution in [2.45, 2.75) is 32.2 Å². The van der Waals surface area contributed by atoms with E-state index in [-0.39, 0.29) is 24.3 Å². The zero-order valence-corrected chi connectivity index (χ0v) is 14.8. The maximum atomic E-state index is 14.6. The Morgan fingerprint density at radius 2 is 1.95 bits per heavy atom. The molecule has 3 rings (SSSR count). The van der Waals surface area contributed by atoms with Gasteiger partial charge in [-0.1, -0.05) is 22.4 Å². The van der Waals surface area contributed by atoms with Gasteiger partial charge in [-0.15, -0.1) is 12.4 Å². The Balaban J connectivity index is 0.00000161. The van der Waals surface area contributed by atoms with Crippen molar-refractivity contribution in [2.24, 2.45) is 5.92 Å². The third-order valence-corrected chi connectivity index (χ3v) is 5.17. The lowest BCUT2D eigenvalue weighted by molar-refractivity contribution is 0.0811. The smallest absolute Gasteiger partial charge is 0.130 e. The fraction of sp³-hybridized carbons (Fsp3) is 0.625. The molecule has 0 amide bonds. The predicted octanol–water partition coefficient (Wildman–Crippen LogP) is 4.06. The van der Waals surface area contributed by atoms with Crippen molar-refractivity contribution in [1.82, 2.24) is 10.2 Å². The summed E-state index contributed by atoms with van der Waals surface area (Å²) in [6.07, 6.45) is 3.76. The van der Waals surface area contributed by atoms with E-state index in [2.05, 4.69) is 26.1 Å². The summed E-state index contributed by atoms with van der Waals surface area (Å²) in [6, 6.07) is 4.11. The summed E-state index contributed by atoms with van der Waals surface area (Å²) in [4.78, 5) is 2.48. The summed E-state index contributed by atoms with van der Waals surface area (Å²) in [6.45, 7) is 5.92. The van der Waals surface area contributed by atoms with Crippen LogP contribution in [0.25, 0.3) is 0 Å². The molecule has 0 radical (unpaired) electrons. The first-order chi connectivity index (χ1) is 9.66. The molecule has 0 spiro atoms. The highest BCUT2D eigenvalue weighted by Gasteiger charge is 2.35. The lowest BCUT2D eigenvalue weighted by atomic mass is 9.76. The van der Waals surface area contributed by atoms with Crippen LogP contribution in [0.4, 0.5) is 4.39 Å². The SMILES string of the molecule is Cc1cc(Br)cc([C@H](C2CCC2)N2CCNCC2)c1F.Cl. The van der Waals surface area contributed by atoms with Gasteiger partial charge in [0.2, 0.25) is 0 Å². The van der Waals surface area contributed by atoms with E-state index in [1.807, 2.05) is 19.1 Å². The van der Waals surface area contributed by atoms with Gasteiger partial charge in [0, 0.05) is 42.3 Å². The predicted molar refractivity (Wildman–Crippen MR) is 90.6 cm³/mol. The van der Waals surface area contributed by atoms with Crippen LogP contribution in [0.3, 0.4) is 0 Å². The molecular formula is C16H23BrClFN2. The van der Waals surface area contributed by atoms with Crippen LogP contribution < -0.4 is 5.32 Å². The fourth-order valence-corrected chi connectivity index (χ4v) is 4.02. The minimum absolute atomic E-state index is 0. The van der Waals surface area contributed by atoms with Crippen molar-refractivity contribution < 1.29 is 4.39 Å². The van der Waals surface area contributed by atoms with Gasteiger partial charge in [0.05, 0.1) is 0 Å².